The second-order valence-electron chi connectivity index (χ2n) is 16.6. The zero-order chi connectivity index (χ0) is 40.8. The molecule has 0 amide bonds. The van der Waals surface area contributed by atoms with Crippen LogP contribution >= 0.6 is 0 Å². The SMILES string of the molecule is CCCCCCCCC(CCOC(=O)CC1CCC(OC(=O)C2CCN(C)CC2)C1)OC(=O)CCCCC(COC(=O)CCCCC)COC(=O)CCCCC. The first kappa shape index (κ1) is 49.5. The Morgan fingerprint density at radius 1 is 0.589 bits per heavy atom. The molecule has 2 fully saturated rings. The number of carbonyl (C=O) groups excluding carboxylic acids is 5. The quantitative estimate of drug-likeness (QED) is 0.0366. The Labute approximate surface area is 339 Å². The number of hydrogen-bond donors (Lipinski definition) is 0. The summed E-state index contributed by atoms with van der Waals surface area (Å²) >= 11 is 0. The van der Waals surface area contributed by atoms with Crippen LogP contribution in [0.3, 0.4) is 0 Å². The Kier molecular flexibility index (Phi) is 27.7. The summed E-state index contributed by atoms with van der Waals surface area (Å²) in [6.07, 6.45) is 20.5. The maximum Gasteiger partial charge on any atom is 0.309 e. The molecule has 1 saturated heterocycles. The molecule has 11 nitrogen and oxygen atoms in total. The molecule has 0 N–H and O–H groups in total. The van der Waals surface area contributed by atoms with E-state index in [1.54, 1.807) is 0 Å². The van der Waals surface area contributed by atoms with E-state index in [1.165, 1.54) is 19.3 Å². The average Bonchev–Trinajstić information content (AvgIpc) is 3.61. The summed E-state index contributed by atoms with van der Waals surface area (Å²) in [5.41, 5.74) is 0. The van der Waals surface area contributed by atoms with Gasteiger partial charge in [-0.15, -0.1) is 0 Å². The van der Waals surface area contributed by atoms with Crippen LogP contribution < -0.4 is 0 Å². The third kappa shape index (κ3) is 24.2. The first-order chi connectivity index (χ1) is 27.1. The zero-order valence-corrected chi connectivity index (χ0v) is 35.8. The van der Waals surface area contributed by atoms with Crippen LogP contribution in [0.4, 0.5) is 0 Å². The lowest BCUT2D eigenvalue weighted by Gasteiger charge is -2.28. The molecule has 0 bridgehead atoms. The van der Waals surface area contributed by atoms with Gasteiger partial charge in [-0.3, -0.25) is 24.0 Å². The van der Waals surface area contributed by atoms with Gasteiger partial charge in [0, 0.05) is 38.0 Å². The highest BCUT2D eigenvalue weighted by Gasteiger charge is 2.32. The fourth-order valence-corrected chi connectivity index (χ4v) is 7.61. The number of nitrogens with zero attached hydrogens (tertiary/aromatic N) is 1. The van der Waals surface area contributed by atoms with Gasteiger partial charge in [0.25, 0.3) is 0 Å². The fourth-order valence-electron chi connectivity index (χ4n) is 7.61. The minimum atomic E-state index is -0.316. The van der Waals surface area contributed by atoms with E-state index in [1.807, 2.05) is 0 Å². The molecule has 56 heavy (non-hydrogen) atoms. The normalized spacial score (nSPS) is 18.1. The summed E-state index contributed by atoms with van der Waals surface area (Å²) in [5.74, 6) is -1.06. The minimum Gasteiger partial charge on any atom is -0.466 e. The summed E-state index contributed by atoms with van der Waals surface area (Å²) in [5, 5.41) is 0. The van der Waals surface area contributed by atoms with E-state index in [0.717, 1.165) is 103 Å². The number of ether oxygens (including phenoxy) is 5. The smallest absolute Gasteiger partial charge is 0.309 e. The molecular weight excluding hydrogens is 714 g/mol. The summed E-state index contributed by atoms with van der Waals surface area (Å²) < 4.78 is 28.5. The van der Waals surface area contributed by atoms with Gasteiger partial charge in [0.05, 0.1) is 25.7 Å². The van der Waals surface area contributed by atoms with Gasteiger partial charge in [0.2, 0.25) is 0 Å². The Balaban J connectivity index is 1.77. The molecule has 0 aromatic rings. The monoisotopic (exact) mass is 794 g/mol. The van der Waals surface area contributed by atoms with Gasteiger partial charge >= 0.3 is 29.8 Å². The molecule has 1 aliphatic carbocycles. The maximum atomic E-state index is 13.0. The topological polar surface area (TPSA) is 135 Å². The van der Waals surface area contributed by atoms with E-state index in [2.05, 4.69) is 32.7 Å². The van der Waals surface area contributed by atoms with Gasteiger partial charge in [0.15, 0.2) is 0 Å². The number of esters is 5. The number of unbranched alkanes of at least 4 members (excludes halogenated alkanes) is 10. The molecule has 0 aromatic carbocycles. The van der Waals surface area contributed by atoms with E-state index in [9.17, 15) is 24.0 Å². The highest BCUT2D eigenvalue weighted by atomic mass is 16.6. The van der Waals surface area contributed by atoms with Crippen molar-refractivity contribution in [1.82, 2.24) is 4.90 Å². The lowest BCUT2D eigenvalue weighted by Crippen LogP contribution is -2.35. The molecule has 2 rings (SSSR count). The van der Waals surface area contributed by atoms with Gasteiger partial charge < -0.3 is 28.6 Å². The van der Waals surface area contributed by atoms with Crippen LogP contribution in [0.25, 0.3) is 0 Å². The van der Waals surface area contributed by atoms with Gasteiger partial charge in [-0.2, -0.15) is 0 Å². The maximum absolute atomic E-state index is 13.0. The summed E-state index contributed by atoms with van der Waals surface area (Å²) in [7, 11) is 2.07. The largest absolute Gasteiger partial charge is 0.466 e. The van der Waals surface area contributed by atoms with E-state index in [-0.39, 0.29) is 86.0 Å². The van der Waals surface area contributed by atoms with Crippen molar-refractivity contribution in [1.29, 1.82) is 0 Å². The van der Waals surface area contributed by atoms with Crippen molar-refractivity contribution in [2.24, 2.45) is 17.8 Å². The second-order valence-corrected chi connectivity index (χ2v) is 16.6. The van der Waals surface area contributed by atoms with Crippen LogP contribution in [0, 0.1) is 17.8 Å². The van der Waals surface area contributed by atoms with Gasteiger partial charge in [0.1, 0.15) is 12.2 Å². The van der Waals surface area contributed by atoms with Crippen LogP contribution in [0.2, 0.25) is 0 Å². The molecule has 11 heteroatoms. The molecule has 1 heterocycles. The minimum absolute atomic E-state index is 0.0216. The van der Waals surface area contributed by atoms with E-state index < -0.39 is 0 Å². The summed E-state index contributed by atoms with van der Waals surface area (Å²) in [6, 6.07) is 0. The van der Waals surface area contributed by atoms with Gasteiger partial charge in [-0.1, -0.05) is 85.0 Å². The molecular formula is C45H79NO10. The molecule has 3 unspecified atom stereocenters. The van der Waals surface area contributed by atoms with E-state index >= 15 is 0 Å². The highest BCUT2D eigenvalue weighted by Crippen LogP contribution is 2.32. The van der Waals surface area contributed by atoms with Crippen LogP contribution in [0.1, 0.15) is 188 Å². The van der Waals surface area contributed by atoms with Crippen molar-refractivity contribution in [3.8, 4) is 0 Å². The third-order valence-electron chi connectivity index (χ3n) is 11.3. The summed E-state index contributed by atoms with van der Waals surface area (Å²) in [4.78, 5) is 65.2. The van der Waals surface area contributed by atoms with Gasteiger partial charge in [-0.05, 0) is 96.7 Å². The third-order valence-corrected chi connectivity index (χ3v) is 11.3. The first-order valence-corrected chi connectivity index (χ1v) is 22.7. The van der Waals surface area contributed by atoms with Crippen molar-refractivity contribution in [3.05, 3.63) is 0 Å². The number of piperidine rings is 1. The van der Waals surface area contributed by atoms with Crippen LogP contribution in [0.5, 0.6) is 0 Å². The zero-order valence-electron chi connectivity index (χ0n) is 35.8. The number of carbonyl (C=O) groups is 5. The van der Waals surface area contributed by atoms with Crippen LogP contribution in [0.15, 0.2) is 0 Å². The molecule has 1 saturated carbocycles. The molecule has 324 valence electrons. The van der Waals surface area contributed by atoms with Crippen LogP contribution in [-0.4, -0.2) is 86.9 Å². The Bertz CT molecular complexity index is 1060. The first-order valence-electron chi connectivity index (χ1n) is 22.7. The Hall–Kier alpha value is -2.69. The van der Waals surface area contributed by atoms with Gasteiger partial charge in [-0.25, -0.2) is 0 Å². The van der Waals surface area contributed by atoms with E-state index in [4.69, 9.17) is 23.7 Å². The standard InChI is InChI=1S/C45H79NO10/c1-5-8-11-12-13-16-20-39(28-31-52-44(50)33-36-24-25-40(32-36)56-45(51)38-26-29-46(4)30-27-38)55-43(49)23-18-17-19-37(34-53-41(47)21-14-9-6-2)35-54-42(48)22-15-10-7-3/h36-40H,5-35H2,1-4H3. The molecule has 0 spiro atoms. The van der Waals surface area contributed by atoms with Crippen molar-refractivity contribution in [2.45, 2.75) is 200 Å². The van der Waals surface area contributed by atoms with Crippen LogP contribution in [-0.2, 0) is 47.7 Å². The molecule has 1 aliphatic heterocycles. The Morgan fingerprint density at radius 2 is 1.14 bits per heavy atom. The van der Waals surface area contributed by atoms with Crippen molar-refractivity contribution >= 4 is 29.8 Å². The average molecular weight is 794 g/mol. The molecule has 0 aromatic heterocycles. The summed E-state index contributed by atoms with van der Waals surface area (Å²) in [6.45, 7) is 8.80. The predicted molar refractivity (Wildman–Crippen MR) is 218 cm³/mol. The number of likely N-dealkylation sites (tertiary alicyclic amines) is 1. The lowest BCUT2D eigenvalue weighted by molar-refractivity contribution is -0.155. The van der Waals surface area contributed by atoms with Crippen molar-refractivity contribution in [3.63, 3.8) is 0 Å². The lowest BCUT2D eigenvalue weighted by atomic mass is 9.97. The van der Waals surface area contributed by atoms with Crippen molar-refractivity contribution in [2.75, 3.05) is 40.0 Å². The molecule has 2 aliphatic rings. The number of hydrogen-bond acceptors (Lipinski definition) is 11. The fraction of sp³-hybridized carbons (Fsp3) is 0.889. The molecule has 0 radical (unpaired) electrons. The number of rotatable bonds is 32. The predicted octanol–water partition coefficient (Wildman–Crippen LogP) is 9.45. The second kappa shape index (κ2) is 31.3. The molecule has 3 atom stereocenters. The Morgan fingerprint density at radius 3 is 1.79 bits per heavy atom. The van der Waals surface area contributed by atoms with Crippen molar-refractivity contribution < 1.29 is 47.7 Å². The van der Waals surface area contributed by atoms with E-state index in [0.29, 0.717) is 51.4 Å². The highest BCUT2D eigenvalue weighted by molar-refractivity contribution is 5.73.